The maximum atomic E-state index is 9.36. The van der Waals surface area contributed by atoms with E-state index in [0.29, 0.717) is 6.29 Å². The summed E-state index contributed by atoms with van der Waals surface area (Å²) in [7, 11) is 0. The van der Waals surface area contributed by atoms with Crippen molar-refractivity contribution in [1.82, 2.24) is 0 Å². The highest BCUT2D eigenvalue weighted by molar-refractivity contribution is 5.72. The van der Waals surface area contributed by atoms with Gasteiger partial charge in [0, 0.05) is 0 Å². The summed E-state index contributed by atoms with van der Waals surface area (Å²) < 4.78 is 0. The molecule has 0 spiro atoms. The van der Waals surface area contributed by atoms with E-state index in [2.05, 4.69) is 4.79 Å². The first kappa shape index (κ1) is 5.05. The van der Waals surface area contributed by atoms with Crippen molar-refractivity contribution in [3.05, 3.63) is 5.53 Å². The SMILES string of the molecule is [N-]=[N+]=CCC=O. The Balaban J connectivity index is 3.07. The minimum absolute atomic E-state index is 0.191. The first-order chi connectivity index (χ1) is 2.91. The van der Waals surface area contributed by atoms with Crippen LogP contribution in [0, 0.1) is 0 Å². The molecule has 0 fully saturated rings. The number of carbonyl (C=O) groups is 1. The molecule has 0 atom stereocenters. The molecule has 0 unspecified atom stereocenters. The van der Waals surface area contributed by atoms with Crippen molar-refractivity contribution >= 4 is 12.5 Å². The predicted octanol–water partition coefficient (Wildman–Crippen LogP) is -0.124. The third kappa shape index (κ3) is 3.05. The molecule has 0 aliphatic carbocycles. The molecule has 0 N–H and O–H groups in total. The third-order valence-corrected chi connectivity index (χ3v) is 0.283. The lowest BCUT2D eigenvalue weighted by atomic mass is 10.5. The molecule has 0 aromatic rings. The van der Waals surface area contributed by atoms with Crippen molar-refractivity contribution in [2.24, 2.45) is 0 Å². The van der Waals surface area contributed by atoms with Gasteiger partial charge in [0.2, 0.25) is 0 Å². The van der Waals surface area contributed by atoms with Gasteiger partial charge in [-0.2, -0.15) is 4.79 Å². The second kappa shape index (κ2) is 4.05. The van der Waals surface area contributed by atoms with Crippen LogP contribution in [0.15, 0.2) is 0 Å². The molecule has 0 radical (unpaired) electrons. The molecule has 0 saturated heterocycles. The van der Waals surface area contributed by atoms with Crippen LogP contribution in [-0.2, 0) is 4.79 Å². The maximum absolute atomic E-state index is 9.36. The second-order valence-corrected chi connectivity index (χ2v) is 0.700. The largest absolute Gasteiger partial charge is 0.362 e. The van der Waals surface area contributed by atoms with E-state index in [1.165, 1.54) is 0 Å². The monoisotopic (exact) mass is 84.0 g/mol. The fourth-order valence-corrected chi connectivity index (χ4v) is 0.0902. The summed E-state index contributed by atoms with van der Waals surface area (Å²) in [6.45, 7) is 0. The van der Waals surface area contributed by atoms with Crippen LogP contribution < -0.4 is 0 Å². The molecular weight excluding hydrogens is 80.0 g/mol. The van der Waals surface area contributed by atoms with Crippen LogP contribution in [0.3, 0.4) is 0 Å². The van der Waals surface area contributed by atoms with Crippen LogP contribution in [0.5, 0.6) is 0 Å². The molecule has 0 aromatic heterocycles. The average molecular weight is 84.1 g/mol. The Hall–Kier alpha value is -0.950. The Labute approximate surface area is 35.2 Å². The van der Waals surface area contributed by atoms with Gasteiger partial charge in [0.1, 0.15) is 6.29 Å². The maximum Gasteiger partial charge on any atom is 0.264 e. The minimum Gasteiger partial charge on any atom is -0.362 e. The second-order valence-electron chi connectivity index (χ2n) is 0.700. The number of rotatable bonds is 2. The normalized spacial score (nSPS) is 6.00. The number of hydrogen-bond acceptors (Lipinski definition) is 1. The molecule has 0 rings (SSSR count). The van der Waals surface area contributed by atoms with Gasteiger partial charge in [-0.3, -0.25) is 0 Å². The Bertz CT molecular complexity index is 82.8. The Morgan fingerprint density at radius 1 is 1.83 bits per heavy atom. The molecule has 0 aliphatic heterocycles. The molecule has 0 amide bonds. The van der Waals surface area contributed by atoms with E-state index in [1.54, 1.807) is 0 Å². The van der Waals surface area contributed by atoms with Gasteiger partial charge in [-0.25, -0.2) is 0 Å². The van der Waals surface area contributed by atoms with Gasteiger partial charge in [-0.1, -0.05) is 0 Å². The van der Waals surface area contributed by atoms with Crippen LogP contribution in [0.4, 0.5) is 0 Å². The smallest absolute Gasteiger partial charge is 0.264 e. The number of carbonyl (C=O) groups excluding carboxylic acids is 1. The van der Waals surface area contributed by atoms with Gasteiger partial charge in [0.05, 0.1) is 6.42 Å². The zero-order chi connectivity index (χ0) is 4.83. The lowest BCUT2D eigenvalue weighted by Gasteiger charge is -1.52. The van der Waals surface area contributed by atoms with Crippen LogP contribution in [0.1, 0.15) is 6.42 Å². The topological polar surface area (TPSA) is 53.5 Å². The van der Waals surface area contributed by atoms with Gasteiger partial charge < -0.3 is 10.3 Å². The van der Waals surface area contributed by atoms with Gasteiger partial charge >= 0.3 is 0 Å². The highest BCUT2D eigenvalue weighted by atomic mass is 16.1. The molecular formula is C3H4N2O. The van der Waals surface area contributed by atoms with Crippen molar-refractivity contribution in [1.29, 1.82) is 0 Å². The highest BCUT2D eigenvalue weighted by Crippen LogP contribution is 1.51. The van der Waals surface area contributed by atoms with Gasteiger partial charge in [0.15, 0.2) is 0 Å². The molecule has 32 valence electrons. The van der Waals surface area contributed by atoms with Crippen molar-refractivity contribution in [3.63, 3.8) is 0 Å². The summed E-state index contributed by atoms with van der Waals surface area (Å²) in [5, 5.41) is 0. The third-order valence-electron chi connectivity index (χ3n) is 0.283. The van der Waals surface area contributed by atoms with Crippen molar-refractivity contribution in [2.45, 2.75) is 6.42 Å². The summed E-state index contributed by atoms with van der Waals surface area (Å²) in [5.74, 6) is 0. The average Bonchev–Trinajstić information content (AvgIpc) is 1.61. The molecule has 0 aliphatic rings. The van der Waals surface area contributed by atoms with Crippen molar-refractivity contribution < 1.29 is 9.58 Å². The van der Waals surface area contributed by atoms with Crippen LogP contribution in [-0.4, -0.2) is 17.3 Å². The lowest BCUT2D eigenvalue weighted by Crippen LogP contribution is -1.73. The van der Waals surface area contributed by atoms with E-state index in [0.717, 1.165) is 6.21 Å². The Morgan fingerprint density at radius 2 is 2.50 bits per heavy atom. The van der Waals surface area contributed by atoms with Crippen molar-refractivity contribution in [2.75, 3.05) is 0 Å². The first-order valence-corrected chi connectivity index (χ1v) is 1.51. The van der Waals surface area contributed by atoms with E-state index in [9.17, 15) is 4.79 Å². The van der Waals surface area contributed by atoms with Gasteiger partial charge in [0.25, 0.3) is 6.21 Å². The first-order valence-electron chi connectivity index (χ1n) is 1.51. The van der Waals surface area contributed by atoms with E-state index in [-0.39, 0.29) is 6.42 Å². The van der Waals surface area contributed by atoms with E-state index in [4.69, 9.17) is 5.53 Å². The quantitative estimate of drug-likeness (QED) is 0.199. The summed E-state index contributed by atoms with van der Waals surface area (Å²) in [5.41, 5.74) is 7.61. The van der Waals surface area contributed by atoms with Gasteiger partial charge in [-0.05, 0) is 0 Å². The summed E-state index contributed by atoms with van der Waals surface area (Å²) in [6.07, 6.45) is 1.96. The fourth-order valence-electron chi connectivity index (χ4n) is 0.0902. The number of nitrogens with zero attached hydrogens (tertiary/aromatic N) is 2. The van der Waals surface area contributed by atoms with Gasteiger partial charge in [-0.15, -0.1) is 0 Å². The zero-order valence-electron chi connectivity index (χ0n) is 3.16. The molecule has 3 nitrogen and oxygen atoms in total. The Kier molecular flexibility index (Phi) is 3.41. The van der Waals surface area contributed by atoms with E-state index >= 15 is 0 Å². The predicted molar refractivity (Wildman–Crippen MR) is 20.4 cm³/mol. The number of aldehydes is 1. The highest BCUT2D eigenvalue weighted by Gasteiger charge is 1.72. The Morgan fingerprint density at radius 3 is 2.67 bits per heavy atom. The standard InChI is InChI=1S/C3H4N2O/c4-5-2-1-3-6/h2-3H,1H2. The number of hydrogen-bond donors (Lipinski definition) is 0. The van der Waals surface area contributed by atoms with E-state index < -0.39 is 0 Å². The fraction of sp³-hybridized carbons (Fsp3) is 0.333. The molecule has 6 heavy (non-hydrogen) atoms. The zero-order valence-corrected chi connectivity index (χ0v) is 3.16. The summed E-state index contributed by atoms with van der Waals surface area (Å²) in [6, 6.07) is 0. The molecule has 0 saturated carbocycles. The molecule has 0 heterocycles. The molecule has 3 heteroatoms. The van der Waals surface area contributed by atoms with Crippen LogP contribution in [0.2, 0.25) is 0 Å². The van der Waals surface area contributed by atoms with Crippen molar-refractivity contribution in [3.8, 4) is 0 Å². The van der Waals surface area contributed by atoms with Crippen LogP contribution >= 0.6 is 0 Å². The van der Waals surface area contributed by atoms with Crippen LogP contribution in [0.25, 0.3) is 5.53 Å². The molecule has 0 aromatic carbocycles. The summed E-state index contributed by atoms with van der Waals surface area (Å²) >= 11 is 0. The lowest BCUT2D eigenvalue weighted by molar-refractivity contribution is -0.107. The molecule has 0 bridgehead atoms. The summed E-state index contributed by atoms with van der Waals surface area (Å²) in [4.78, 5) is 11.9. The van der Waals surface area contributed by atoms with E-state index in [1.807, 2.05) is 0 Å². The minimum atomic E-state index is 0.191.